The van der Waals surface area contributed by atoms with Crippen molar-refractivity contribution >= 4 is 28.7 Å². The number of carbonyl (C=O) groups excluding carboxylic acids is 2. The summed E-state index contributed by atoms with van der Waals surface area (Å²) in [5.74, 6) is 1.20. The van der Waals surface area contributed by atoms with Gasteiger partial charge in [-0.1, -0.05) is 19.9 Å². The molecule has 0 unspecified atom stereocenters. The van der Waals surface area contributed by atoms with Crippen molar-refractivity contribution in [1.29, 1.82) is 0 Å². The Hall–Kier alpha value is -2.41. The first-order chi connectivity index (χ1) is 11.9. The number of aromatic nitrogens is 2. The summed E-state index contributed by atoms with van der Waals surface area (Å²) in [4.78, 5) is 32.9. The van der Waals surface area contributed by atoms with E-state index in [0.29, 0.717) is 42.3 Å². The third kappa shape index (κ3) is 3.37. The molecule has 1 aromatic heterocycles. The summed E-state index contributed by atoms with van der Waals surface area (Å²) >= 11 is 0. The molecule has 2 heterocycles. The molecule has 0 radical (unpaired) electrons. The van der Waals surface area contributed by atoms with E-state index in [1.54, 1.807) is 4.90 Å². The molecule has 2 N–H and O–H groups in total. The molecule has 0 atom stereocenters. The van der Waals surface area contributed by atoms with Gasteiger partial charge in [0, 0.05) is 19.5 Å². The van der Waals surface area contributed by atoms with Crippen LogP contribution in [0.15, 0.2) is 18.2 Å². The van der Waals surface area contributed by atoms with Gasteiger partial charge in [-0.25, -0.2) is 14.3 Å². The third-order valence-electron chi connectivity index (χ3n) is 4.60. The number of hydrogen-bond acceptors (Lipinski definition) is 4. The molecule has 7 heteroatoms. The van der Waals surface area contributed by atoms with E-state index in [0.717, 1.165) is 18.7 Å². The number of primary amides is 1. The number of amides is 2. The van der Waals surface area contributed by atoms with Crippen LogP contribution in [0.5, 0.6) is 0 Å². The number of anilines is 1. The molecule has 1 fully saturated rings. The van der Waals surface area contributed by atoms with Crippen LogP contribution < -0.4 is 10.6 Å². The van der Waals surface area contributed by atoms with Crippen molar-refractivity contribution < 1.29 is 9.59 Å². The highest BCUT2D eigenvalue weighted by Crippen LogP contribution is 2.29. The fourth-order valence-corrected chi connectivity index (χ4v) is 3.23. The molecule has 1 aliphatic heterocycles. The lowest BCUT2D eigenvalue weighted by atomic mass is 10.1. The Balaban J connectivity index is 2.07. The molecule has 25 heavy (non-hydrogen) atoms. The highest BCUT2D eigenvalue weighted by Gasteiger charge is 2.26. The molecular weight excluding hydrogens is 318 g/mol. The first-order valence-corrected chi connectivity index (χ1v) is 8.67. The lowest BCUT2D eigenvalue weighted by Gasteiger charge is -2.32. The summed E-state index contributed by atoms with van der Waals surface area (Å²) in [5.41, 5.74) is 7.68. The van der Waals surface area contributed by atoms with E-state index in [9.17, 15) is 9.59 Å². The number of rotatable bonds is 4. The molecule has 0 aliphatic carbocycles. The zero-order valence-corrected chi connectivity index (χ0v) is 15.0. The fourth-order valence-electron chi connectivity index (χ4n) is 3.23. The van der Waals surface area contributed by atoms with Gasteiger partial charge < -0.3 is 10.6 Å². The number of hydrogen-bond donors (Lipinski definition) is 1. The van der Waals surface area contributed by atoms with Gasteiger partial charge in [0.15, 0.2) is 0 Å². The topological polar surface area (TPSA) is 84.5 Å². The molecule has 0 spiro atoms. The first kappa shape index (κ1) is 17.4. The predicted molar refractivity (Wildman–Crippen MR) is 97.7 cm³/mol. The van der Waals surface area contributed by atoms with Crippen LogP contribution >= 0.6 is 0 Å². The zero-order chi connectivity index (χ0) is 18.1. The van der Waals surface area contributed by atoms with Gasteiger partial charge in [-0.15, -0.1) is 0 Å². The predicted octanol–water partition coefficient (Wildman–Crippen LogP) is 1.83. The average Bonchev–Trinajstić information content (AvgIpc) is 2.91. The Labute approximate surface area is 147 Å². The zero-order valence-electron chi connectivity index (χ0n) is 15.0. The van der Waals surface area contributed by atoms with E-state index < -0.39 is 6.03 Å². The Morgan fingerprint density at radius 3 is 2.72 bits per heavy atom. The van der Waals surface area contributed by atoms with Gasteiger partial charge in [-0.3, -0.25) is 9.69 Å². The number of fused-ring (bicyclic) bond motifs is 1. The van der Waals surface area contributed by atoms with Gasteiger partial charge in [0.25, 0.3) is 0 Å². The molecule has 2 aromatic rings. The van der Waals surface area contributed by atoms with Gasteiger partial charge >= 0.3 is 6.03 Å². The van der Waals surface area contributed by atoms with Crippen LogP contribution in [0.2, 0.25) is 0 Å². The van der Waals surface area contributed by atoms with Crippen molar-refractivity contribution in [1.82, 2.24) is 14.5 Å². The van der Waals surface area contributed by atoms with Crippen LogP contribution in [0.4, 0.5) is 10.5 Å². The van der Waals surface area contributed by atoms with Gasteiger partial charge in [-0.2, -0.15) is 0 Å². The van der Waals surface area contributed by atoms with Crippen LogP contribution in [0.1, 0.15) is 26.1 Å². The first-order valence-electron chi connectivity index (χ1n) is 8.67. The molecule has 0 saturated carbocycles. The van der Waals surface area contributed by atoms with Crippen LogP contribution in [0.3, 0.4) is 0 Å². The molecule has 134 valence electrons. The average molecular weight is 343 g/mol. The largest absolute Gasteiger partial charge is 0.351 e. The smallest absolute Gasteiger partial charge is 0.324 e. The maximum absolute atomic E-state index is 12.4. The van der Waals surface area contributed by atoms with E-state index in [2.05, 4.69) is 18.8 Å². The monoisotopic (exact) mass is 343 g/mol. The van der Waals surface area contributed by atoms with E-state index in [4.69, 9.17) is 5.73 Å². The molecule has 1 saturated heterocycles. The quantitative estimate of drug-likeness (QED) is 0.918. The second-order valence-electron chi connectivity index (χ2n) is 7.06. The van der Waals surface area contributed by atoms with E-state index in [-0.39, 0.29) is 5.91 Å². The standard InChI is InChI=1S/C18H25N5O2/c1-12(2)7-8-15-20-17-13(22-10-9-21(3)11-16(22)24)5-4-6-14(17)23(15)18(19)25/h4-6,12H,7-11H2,1-3H3,(H2,19,25). The van der Waals surface area contributed by atoms with E-state index >= 15 is 0 Å². The number of piperazine rings is 1. The van der Waals surface area contributed by atoms with Crippen molar-refractivity contribution in [3.8, 4) is 0 Å². The summed E-state index contributed by atoms with van der Waals surface area (Å²) in [6.45, 7) is 6.06. The number of carbonyl (C=O) groups is 2. The molecule has 0 bridgehead atoms. The molecule has 1 aromatic carbocycles. The van der Waals surface area contributed by atoms with Gasteiger partial charge in [-0.05, 0) is 31.5 Å². The summed E-state index contributed by atoms with van der Waals surface area (Å²) in [5, 5.41) is 0. The number of nitrogens with two attached hydrogens (primary N) is 1. The van der Waals surface area contributed by atoms with Crippen molar-refractivity contribution in [2.45, 2.75) is 26.7 Å². The fraction of sp³-hybridized carbons (Fsp3) is 0.500. The summed E-state index contributed by atoms with van der Waals surface area (Å²) < 4.78 is 1.47. The minimum absolute atomic E-state index is 0.0404. The van der Waals surface area contributed by atoms with E-state index in [1.807, 2.05) is 30.1 Å². The molecule has 3 rings (SSSR count). The summed E-state index contributed by atoms with van der Waals surface area (Å²) in [6, 6.07) is 5.02. The molecule has 1 aliphatic rings. The van der Waals surface area contributed by atoms with E-state index in [1.165, 1.54) is 4.57 Å². The Morgan fingerprint density at radius 1 is 1.32 bits per heavy atom. The highest BCUT2D eigenvalue weighted by molar-refractivity contribution is 6.04. The summed E-state index contributed by atoms with van der Waals surface area (Å²) in [7, 11) is 1.93. The normalized spacial score (nSPS) is 16.2. The number of nitrogens with zero attached hydrogens (tertiary/aromatic N) is 4. The highest BCUT2D eigenvalue weighted by atomic mass is 16.2. The minimum Gasteiger partial charge on any atom is -0.351 e. The Kier molecular flexibility index (Phi) is 4.76. The van der Waals surface area contributed by atoms with Crippen molar-refractivity contribution in [3.63, 3.8) is 0 Å². The van der Waals surface area contributed by atoms with Gasteiger partial charge in [0.1, 0.15) is 11.3 Å². The van der Waals surface area contributed by atoms with Crippen LogP contribution in [0, 0.1) is 5.92 Å². The van der Waals surface area contributed by atoms with Crippen molar-refractivity contribution in [2.24, 2.45) is 11.7 Å². The van der Waals surface area contributed by atoms with Crippen LogP contribution in [0.25, 0.3) is 11.0 Å². The summed E-state index contributed by atoms with van der Waals surface area (Å²) in [6.07, 6.45) is 1.59. The van der Waals surface area contributed by atoms with Crippen molar-refractivity contribution in [3.05, 3.63) is 24.0 Å². The number of likely N-dealkylation sites (N-methyl/N-ethyl adjacent to an activating group) is 1. The third-order valence-corrected chi connectivity index (χ3v) is 4.60. The molecular formula is C18H25N5O2. The Bertz CT molecular complexity index is 811. The maximum Gasteiger partial charge on any atom is 0.324 e. The van der Waals surface area contributed by atoms with Gasteiger partial charge in [0.05, 0.1) is 17.7 Å². The lowest BCUT2D eigenvalue weighted by molar-refractivity contribution is -0.120. The number of imidazole rings is 1. The van der Waals surface area contributed by atoms with Gasteiger partial charge in [0.2, 0.25) is 5.91 Å². The second kappa shape index (κ2) is 6.84. The van der Waals surface area contributed by atoms with Crippen molar-refractivity contribution in [2.75, 3.05) is 31.6 Å². The molecule has 7 nitrogen and oxygen atoms in total. The Morgan fingerprint density at radius 2 is 2.08 bits per heavy atom. The minimum atomic E-state index is -0.539. The van der Waals surface area contributed by atoms with Crippen LogP contribution in [-0.4, -0.2) is 53.1 Å². The lowest BCUT2D eigenvalue weighted by Crippen LogP contribution is -2.49. The maximum atomic E-state index is 12.4. The number of para-hydroxylation sites is 1. The van der Waals surface area contributed by atoms with Crippen LogP contribution in [-0.2, 0) is 11.2 Å². The number of aryl methyl sites for hydroxylation is 1. The number of benzene rings is 1. The SMILES string of the molecule is CC(C)CCc1nc2c(N3CCN(C)CC3=O)cccc2n1C(N)=O. The molecule has 2 amide bonds. The second-order valence-corrected chi connectivity index (χ2v) is 7.06.